The molecule has 0 aliphatic rings. The highest BCUT2D eigenvalue weighted by atomic mass is 19.1. The van der Waals surface area contributed by atoms with E-state index in [1.807, 2.05) is 36.4 Å². The number of hydrogen-bond donors (Lipinski definition) is 1. The van der Waals surface area contributed by atoms with Crippen LogP contribution in [-0.4, -0.2) is 21.7 Å². The Labute approximate surface area is 244 Å². The maximum Gasteiger partial charge on any atom is 0.254 e. The number of nitrogens with zero attached hydrogens (tertiary/aromatic N) is 1. The fourth-order valence-electron chi connectivity index (χ4n) is 4.60. The SMILES string of the molecule is O=C(c1ccc(CN(Cc2ccccc2)C(=O)c2ccc(OCc3ccccc3F)cc2)cc1)C(O)c1ccccc1. The van der Waals surface area contributed by atoms with Crippen LogP contribution in [0.4, 0.5) is 4.39 Å². The quantitative estimate of drug-likeness (QED) is 0.174. The molecule has 0 saturated carbocycles. The number of carbonyl (C=O) groups is 2. The first-order chi connectivity index (χ1) is 20.5. The fourth-order valence-corrected chi connectivity index (χ4v) is 4.60. The van der Waals surface area contributed by atoms with Crippen LogP contribution in [0.5, 0.6) is 5.75 Å². The Bertz CT molecular complexity index is 1620. The molecule has 0 aliphatic carbocycles. The molecule has 0 aliphatic heterocycles. The van der Waals surface area contributed by atoms with Crippen molar-refractivity contribution in [2.24, 2.45) is 0 Å². The minimum Gasteiger partial charge on any atom is -0.489 e. The van der Waals surface area contributed by atoms with Crippen molar-refractivity contribution in [3.63, 3.8) is 0 Å². The second-order valence-electron chi connectivity index (χ2n) is 9.93. The number of rotatable bonds is 11. The van der Waals surface area contributed by atoms with Gasteiger partial charge in [-0.15, -0.1) is 0 Å². The van der Waals surface area contributed by atoms with Crippen molar-refractivity contribution >= 4 is 11.7 Å². The molecular formula is C36H30FNO4. The topological polar surface area (TPSA) is 66.8 Å². The third-order valence-corrected chi connectivity index (χ3v) is 6.93. The monoisotopic (exact) mass is 559 g/mol. The molecule has 1 N–H and O–H groups in total. The molecule has 42 heavy (non-hydrogen) atoms. The van der Waals surface area contributed by atoms with Gasteiger partial charge in [0.05, 0.1) is 0 Å². The van der Waals surface area contributed by atoms with E-state index < -0.39 is 6.10 Å². The van der Waals surface area contributed by atoms with Crippen LogP contribution in [-0.2, 0) is 19.7 Å². The molecule has 0 saturated heterocycles. The van der Waals surface area contributed by atoms with Gasteiger partial charge in [-0.2, -0.15) is 0 Å². The summed E-state index contributed by atoms with van der Waals surface area (Å²) in [5.74, 6) is -0.352. The largest absolute Gasteiger partial charge is 0.489 e. The van der Waals surface area contributed by atoms with Crippen LogP contribution in [0.25, 0.3) is 0 Å². The zero-order chi connectivity index (χ0) is 29.3. The summed E-state index contributed by atoms with van der Waals surface area (Å²) in [6, 6.07) is 38.7. The minimum absolute atomic E-state index is 0.0843. The second-order valence-corrected chi connectivity index (χ2v) is 9.93. The molecule has 1 atom stereocenters. The molecule has 0 bridgehead atoms. The fraction of sp³-hybridized carbons (Fsp3) is 0.111. The van der Waals surface area contributed by atoms with Gasteiger partial charge in [0.1, 0.15) is 24.3 Å². The lowest BCUT2D eigenvalue weighted by Gasteiger charge is -2.23. The van der Waals surface area contributed by atoms with Crippen molar-refractivity contribution in [2.75, 3.05) is 0 Å². The molecule has 5 rings (SSSR count). The molecule has 0 aromatic heterocycles. The van der Waals surface area contributed by atoms with Gasteiger partial charge in [0.15, 0.2) is 5.78 Å². The number of hydrogen-bond acceptors (Lipinski definition) is 4. The summed E-state index contributed by atoms with van der Waals surface area (Å²) < 4.78 is 19.6. The van der Waals surface area contributed by atoms with E-state index in [-0.39, 0.29) is 24.1 Å². The molecule has 5 nitrogen and oxygen atoms in total. The van der Waals surface area contributed by atoms with Gasteiger partial charge >= 0.3 is 0 Å². The average Bonchev–Trinajstić information content (AvgIpc) is 3.04. The predicted molar refractivity (Wildman–Crippen MR) is 159 cm³/mol. The summed E-state index contributed by atoms with van der Waals surface area (Å²) in [5, 5.41) is 10.5. The summed E-state index contributed by atoms with van der Waals surface area (Å²) >= 11 is 0. The molecule has 0 radical (unpaired) electrons. The van der Waals surface area contributed by atoms with Crippen LogP contribution in [0.15, 0.2) is 133 Å². The highest BCUT2D eigenvalue weighted by molar-refractivity contribution is 6.00. The summed E-state index contributed by atoms with van der Waals surface area (Å²) in [6.45, 7) is 0.786. The van der Waals surface area contributed by atoms with Crippen molar-refractivity contribution < 1.29 is 23.8 Å². The molecule has 1 amide bonds. The maximum absolute atomic E-state index is 13.9. The Morgan fingerprint density at radius 1 is 0.667 bits per heavy atom. The smallest absolute Gasteiger partial charge is 0.254 e. The molecule has 5 aromatic rings. The van der Waals surface area contributed by atoms with Gasteiger partial charge in [0.25, 0.3) is 5.91 Å². The van der Waals surface area contributed by atoms with E-state index in [1.54, 1.807) is 95.9 Å². The van der Waals surface area contributed by atoms with Crippen LogP contribution in [0.3, 0.4) is 0 Å². The maximum atomic E-state index is 13.9. The van der Waals surface area contributed by atoms with E-state index in [0.717, 1.165) is 11.1 Å². The molecule has 210 valence electrons. The molecule has 6 heteroatoms. The molecule has 0 heterocycles. The molecule has 0 spiro atoms. The highest BCUT2D eigenvalue weighted by Crippen LogP contribution is 2.21. The first kappa shape index (κ1) is 28.5. The van der Waals surface area contributed by atoms with Gasteiger partial charge in [-0.1, -0.05) is 103 Å². The summed E-state index contributed by atoms with van der Waals surface area (Å²) in [7, 11) is 0. The highest BCUT2D eigenvalue weighted by Gasteiger charge is 2.20. The Balaban J connectivity index is 1.29. The number of aliphatic hydroxyl groups excluding tert-OH is 1. The van der Waals surface area contributed by atoms with Gasteiger partial charge < -0.3 is 14.7 Å². The van der Waals surface area contributed by atoms with E-state index in [2.05, 4.69) is 0 Å². The normalized spacial score (nSPS) is 11.5. The van der Waals surface area contributed by atoms with Crippen LogP contribution in [0.2, 0.25) is 0 Å². The minimum atomic E-state index is -1.24. The number of ether oxygens (including phenoxy) is 1. The Kier molecular flexibility index (Phi) is 9.17. The third kappa shape index (κ3) is 7.16. The number of carbonyl (C=O) groups excluding carboxylic acids is 2. The molecule has 5 aromatic carbocycles. The number of ketones is 1. The average molecular weight is 560 g/mol. The molecule has 1 unspecified atom stereocenters. The number of halogens is 1. The van der Waals surface area contributed by atoms with Gasteiger partial charge in [0.2, 0.25) is 0 Å². The van der Waals surface area contributed by atoms with E-state index in [0.29, 0.717) is 41.1 Å². The Hall–Kier alpha value is -5.07. The first-order valence-electron chi connectivity index (χ1n) is 13.6. The van der Waals surface area contributed by atoms with Crippen LogP contribution in [0.1, 0.15) is 49.1 Å². The zero-order valence-corrected chi connectivity index (χ0v) is 22.9. The van der Waals surface area contributed by atoms with Crippen molar-refractivity contribution in [2.45, 2.75) is 25.8 Å². The lowest BCUT2D eigenvalue weighted by Crippen LogP contribution is -2.30. The van der Waals surface area contributed by atoms with Gasteiger partial charge in [-0.25, -0.2) is 4.39 Å². The molecular weight excluding hydrogens is 529 g/mol. The predicted octanol–water partition coefficient (Wildman–Crippen LogP) is 7.16. The third-order valence-electron chi connectivity index (χ3n) is 6.93. The van der Waals surface area contributed by atoms with Gasteiger partial charge in [-0.05, 0) is 47.0 Å². The van der Waals surface area contributed by atoms with E-state index >= 15 is 0 Å². The van der Waals surface area contributed by atoms with Gasteiger partial charge in [-0.3, -0.25) is 9.59 Å². The zero-order valence-electron chi connectivity index (χ0n) is 22.9. The van der Waals surface area contributed by atoms with Crippen LogP contribution in [0, 0.1) is 5.82 Å². The number of amides is 1. The van der Waals surface area contributed by atoms with Crippen LogP contribution >= 0.6 is 0 Å². The molecule has 0 fully saturated rings. The van der Waals surface area contributed by atoms with Gasteiger partial charge in [0, 0.05) is 29.8 Å². The van der Waals surface area contributed by atoms with Crippen molar-refractivity contribution in [3.05, 3.63) is 173 Å². The lowest BCUT2D eigenvalue weighted by molar-refractivity contribution is 0.0727. The Morgan fingerprint density at radius 3 is 1.86 bits per heavy atom. The van der Waals surface area contributed by atoms with E-state index in [1.165, 1.54) is 6.07 Å². The summed E-state index contributed by atoms with van der Waals surface area (Å²) in [6.07, 6.45) is -1.24. The number of benzene rings is 5. The summed E-state index contributed by atoms with van der Waals surface area (Å²) in [5.41, 5.74) is 3.69. The van der Waals surface area contributed by atoms with E-state index in [4.69, 9.17) is 4.74 Å². The first-order valence-corrected chi connectivity index (χ1v) is 13.6. The summed E-state index contributed by atoms with van der Waals surface area (Å²) in [4.78, 5) is 28.2. The van der Waals surface area contributed by atoms with Crippen molar-refractivity contribution in [1.29, 1.82) is 0 Å². The van der Waals surface area contributed by atoms with Crippen LogP contribution < -0.4 is 4.74 Å². The second kappa shape index (κ2) is 13.5. The number of Topliss-reactive ketones (excluding diaryl/α,β-unsaturated/α-hetero) is 1. The Morgan fingerprint density at radius 2 is 1.21 bits per heavy atom. The number of aliphatic hydroxyl groups is 1. The van der Waals surface area contributed by atoms with Crippen molar-refractivity contribution in [1.82, 2.24) is 4.90 Å². The lowest BCUT2D eigenvalue weighted by atomic mass is 9.99. The van der Waals surface area contributed by atoms with Crippen molar-refractivity contribution in [3.8, 4) is 5.75 Å². The standard InChI is InChI=1S/C36H30FNO4/c37-33-14-8-7-13-31(33)25-42-32-21-19-30(20-22-32)36(41)38(23-26-9-3-1-4-10-26)24-27-15-17-29(18-16-27)35(40)34(39)28-11-5-2-6-12-28/h1-22,34,39H,23-25H2. The van der Waals surface area contributed by atoms with E-state index in [9.17, 15) is 19.1 Å².